The number of hydrogen-bond donors (Lipinski definition) is 1. The van der Waals surface area contributed by atoms with Gasteiger partial charge in [-0.1, -0.05) is 45.7 Å². The standard InChI is InChI=1S/C15H9BrClNO/c16-10-4-5-12-13(15(19)18-14(12)8-10)7-9-2-1-3-11(17)6-9/h1-8H,(H,18,19)/b13-7+. The number of carbonyl (C=O) groups is 1. The third-order valence-electron chi connectivity index (χ3n) is 2.92. The van der Waals surface area contributed by atoms with Crippen molar-refractivity contribution in [3.05, 3.63) is 63.1 Å². The zero-order chi connectivity index (χ0) is 13.4. The van der Waals surface area contributed by atoms with E-state index in [4.69, 9.17) is 11.6 Å². The Labute approximate surface area is 124 Å². The maximum atomic E-state index is 12.0. The highest BCUT2D eigenvalue weighted by molar-refractivity contribution is 9.10. The zero-order valence-corrected chi connectivity index (χ0v) is 12.1. The zero-order valence-electron chi connectivity index (χ0n) is 9.78. The molecule has 1 aliphatic rings. The van der Waals surface area contributed by atoms with Crippen molar-refractivity contribution < 1.29 is 4.79 Å². The smallest absolute Gasteiger partial charge is 0.256 e. The van der Waals surface area contributed by atoms with Crippen LogP contribution in [0.15, 0.2) is 46.9 Å². The molecule has 94 valence electrons. The predicted molar refractivity (Wildman–Crippen MR) is 82.1 cm³/mol. The Balaban J connectivity index is 2.09. The van der Waals surface area contributed by atoms with Crippen LogP contribution in [0.25, 0.3) is 11.6 Å². The minimum atomic E-state index is -0.0897. The second-order valence-electron chi connectivity index (χ2n) is 4.26. The van der Waals surface area contributed by atoms with Crippen molar-refractivity contribution in [1.29, 1.82) is 0 Å². The number of rotatable bonds is 1. The lowest BCUT2D eigenvalue weighted by molar-refractivity contribution is -0.110. The molecule has 0 atom stereocenters. The van der Waals surface area contributed by atoms with Crippen LogP contribution in [-0.4, -0.2) is 5.91 Å². The third-order valence-corrected chi connectivity index (χ3v) is 3.65. The lowest BCUT2D eigenvalue weighted by Crippen LogP contribution is -2.03. The summed E-state index contributed by atoms with van der Waals surface area (Å²) in [6.45, 7) is 0. The van der Waals surface area contributed by atoms with Crippen molar-refractivity contribution in [2.45, 2.75) is 0 Å². The van der Waals surface area contributed by atoms with Crippen LogP contribution >= 0.6 is 27.5 Å². The predicted octanol–water partition coefficient (Wildman–Crippen LogP) is 4.60. The SMILES string of the molecule is O=C1Nc2cc(Br)ccc2/C1=C\c1cccc(Cl)c1. The van der Waals surface area contributed by atoms with Gasteiger partial charge < -0.3 is 5.32 Å². The molecule has 4 heteroatoms. The Bertz CT molecular complexity index is 709. The van der Waals surface area contributed by atoms with Gasteiger partial charge in [0.25, 0.3) is 5.91 Å². The van der Waals surface area contributed by atoms with E-state index in [0.29, 0.717) is 10.6 Å². The average molecular weight is 335 g/mol. The Morgan fingerprint density at radius 1 is 1.16 bits per heavy atom. The monoisotopic (exact) mass is 333 g/mol. The highest BCUT2D eigenvalue weighted by Crippen LogP contribution is 2.35. The second kappa shape index (κ2) is 4.83. The number of nitrogens with one attached hydrogen (secondary N) is 1. The molecule has 19 heavy (non-hydrogen) atoms. The van der Waals surface area contributed by atoms with Crippen molar-refractivity contribution in [3.8, 4) is 0 Å². The van der Waals surface area contributed by atoms with E-state index in [9.17, 15) is 4.79 Å². The quantitative estimate of drug-likeness (QED) is 0.759. The van der Waals surface area contributed by atoms with Gasteiger partial charge in [0.05, 0.1) is 5.69 Å². The highest BCUT2D eigenvalue weighted by atomic mass is 79.9. The molecule has 1 N–H and O–H groups in total. The normalized spacial score (nSPS) is 15.5. The minimum absolute atomic E-state index is 0.0897. The average Bonchev–Trinajstić information content (AvgIpc) is 2.65. The first-order valence-electron chi connectivity index (χ1n) is 5.72. The Kier molecular flexibility index (Phi) is 3.17. The molecule has 0 aromatic heterocycles. The Morgan fingerprint density at radius 3 is 2.79 bits per heavy atom. The first kappa shape index (κ1) is 12.5. The van der Waals surface area contributed by atoms with Crippen LogP contribution in [0.5, 0.6) is 0 Å². The molecule has 2 nitrogen and oxygen atoms in total. The van der Waals surface area contributed by atoms with E-state index < -0.39 is 0 Å². The summed E-state index contributed by atoms with van der Waals surface area (Å²) in [5.41, 5.74) is 3.30. The van der Waals surface area contributed by atoms with Gasteiger partial charge in [-0.15, -0.1) is 0 Å². The van der Waals surface area contributed by atoms with Gasteiger partial charge in [0, 0.05) is 20.6 Å². The van der Waals surface area contributed by atoms with Gasteiger partial charge in [-0.3, -0.25) is 4.79 Å². The molecule has 0 saturated heterocycles. The van der Waals surface area contributed by atoms with Gasteiger partial charge in [0.2, 0.25) is 0 Å². The van der Waals surface area contributed by atoms with Crippen LogP contribution in [-0.2, 0) is 4.79 Å². The molecule has 0 fully saturated rings. The number of anilines is 1. The van der Waals surface area contributed by atoms with Crippen LogP contribution < -0.4 is 5.32 Å². The summed E-state index contributed by atoms with van der Waals surface area (Å²) in [5, 5.41) is 3.51. The molecule has 1 amide bonds. The fourth-order valence-electron chi connectivity index (χ4n) is 2.07. The number of carbonyl (C=O) groups excluding carboxylic acids is 1. The molecule has 1 heterocycles. The molecule has 2 aromatic rings. The fraction of sp³-hybridized carbons (Fsp3) is 0. The van der Waals surface area contributed by atoms with Gasteiger partial charge >= 0.3 is 0 Å². The summed E-state index contributed by atoms with van der Waals surface area (Å²) in [7, 11) is 0. The number of amides is 1. The topological polar surface area (TPSA) is 29.1 Å². The van der Waals surface area contributed by atoms with Gasteiger partial charge in [0.15, 0.2) is 0 Å². The molecule has 0 radical (unpaired) electrons. The number of halogens is 2. The molecule has 0 saturated carbocycles. The molecule has 2 aromatic carbocycles. The molecule has 0 aliphatic carbocycles. The highest BCUT2D eigenvalue weighted by Gasteiger charge is 2.23. The van der Waals surface area contributed by atoms with Crippen LogP contribution in [0.1, 0.15) is 11.1 Å². The number of hydrogen-bond acceptors (Lipinski definition) is 1. The fourth-order valence-corrected chi connectivity index (χ4v) is 2.63. The van der Waals surface area contributed by atoms with E-state index in [1.54, 1.807) is 0 Å². The summed E-state index contributed by atoms with van der Waals surface area (Å²) in [5.74, 6) is -0.0897. The van der Waals surface area contributed by atoms with Gasteiger partial charge in [0.1, 0.15) is 0 Å². The van der Waals surface area contributed by atoms with Crippen molar-refractivity contribution in [1.82, 2.24) is 0 Å². The molecule has 1 aliphatic heterocycles. The van der Waals surface area contributed by atoms with Crippen molar-refractivity contribution >= 4 is 50.8 Å². The van der Waals surface area contributed by atoms with E-state index in [1.165, 1.54) is 0 Å². The molecule has 0 bridgehead atoms. The molecular weight excluding hydrogens is 326 g/mol. The molecular formula is C15H9BrClNO. The number of fused-ring (bicyclic) bond motifs is 1. The van der Waals surface area contributed by atoms with Crippen LogP contribution in [0.2, 0.25) is 5.02 Å². The summed E-state index contributed by atoms with van der Waals surface area (Å²) in [4.78, 5) is 12.0. The maximum Gasteiger partial charge on any atom is 0.256 e. The minimum Gasteiger partial charge on any atom is -0.321 e. The van der Waals surface area contributed by atoms with E-state index in [-0.39, 0.29) is 5.91 Å². The van der Waals surface area contributed by atoms with Crippen LogP contribution in [0, 0.1) is 0 Å². The first-order chi connectivity index (χ1) is 9.13. The lowest BCUT2D eigenvalue weighted by Gasteiger charge is -1.99. The Hall–Kier alpha value is -1.58. The van der Waals surface area contributed by atoms with E-state index in [1.807, 2.05) is 48.5 Å². The van der Waals surface area contributed by atoms with Gasteiger partial charge in [-0.25, -0.2) is 0 Å². The maximum absolute atomic E-state index is 12.0. The molecule has 0 spiro atoms. The van der Waals surface area contributed by atoms with E-state index in [2.05, 4.69) is 21.2 Å². The van der Waals surface area contributed by atoms with E-state index >= 15 is 0 Å². The molecule has 0 unspecified atom stereocenters. The molecule has 3 rings (SSSR count). The van der Waals surface area contributed by atoms with Crippen molar-refractivity contribution in [2.24, 2.45) is 0 Å². The Morgan fingerprint density at radius 2 is 2.00 bits per heavy atom. The number of benzene rings is 2. The van der Waals surface area contributed by atoms with Crippen LogP contribution in [0.3, 0.4) is 0 Å². The summed E-state index contributed by atoms with van der Waals surface area (Å²) in [6.07, 6.45) is 1.85. The third kappa shape index (κ3) is 2.44. The van der Waals surface area contributed by atoms with Crippen LogP contribution in [0.4, 0.5) is 5.69 Å². The largest absolute Gasteiger partial charge is 0.321 e. The lowest BCUT2D eigenvalue weighted by atomic mass is 10.0. The summed E-state index contributed by atoms with van der Waals surface area (Å²) in [6, 6.07) is 13.2. The summed E-state index contributed by atoms with van der Waals surface area (Å²) >= 11 is 9.34. The first-order valence-corrected chi connectivity index (χ1v) is 6.89. The van der Waals surface area contributed by atoms with E-state index in [0.717, 1.165) is 21.3 Å². The van der Waals surface area contributed by atoms with Gasteiger partial charge in [-0.05, 0) is 35.9 Å². The second-order valence-corrected chi connectivity index (χ2v) is 5.61. The van der Waals surface area contributed by atoms with Crippen molar-refractivity contribution in [2.75, 3.05) is 5.32 Å². The van der Waals surface area contributed by atoms with Gasteiger partial charge in [-0.2, -0.15) is 0 Å². The van der Waals surface area contributed by atoms with Crippen molar-refractivity contribution in [3.63, 3.8) is 0 Å². The summed E-state index contributed by atoms with van der Waals surface area (Å²) < 4.78 is 0.940.